The fourth-order valence-electron chi connectivity index (χ4n) is 5.81. The lowest BCUT2D eigenvalue weighted by atomic mass is 9.65. The Morgan fingerprint density at radius 1 is 1.05 bits per heavy atom. The van der Waals surface area contributed by atoms with Gasteiger partial charge in [0.1, 0.15) is 0 Å². The zero-order valence-corrected chi connectivity index (χ0v) is 15.3. The molecule has 2 N–H and O–H groups in total. The Morgan fingerprint density at radius 2 is 1.60 bits per heavy atom. The molecule has 1 aliphatic rings. The van der Waals surface area contributed by atoms with Crippen molar-refractivity contribution in [1.29, 1.82) is 0 Å². The molecule has 1 rings (SSSR count). The summed E-state index contributed by atoms with van der Waals surface area (Å²) in [5, 5.41) is 0. The summed E-state index contributed by atoms with van der Waals surface area (Å²) in [5.41, 5.74) is 7.90. The van der Waals surface area contributed by atoms with Gasteiger partial charge >= 0.3 is 0 Å². The van der Waals surface area contributed by atoms with Crippen LogP contribution in [-0.2, 0) is 0 Å². The third-order valence-corrected chi connectivity index (χ3v) is 6.25. The molecule has 5 unspecified atom stereocenters. The molecule has 1 saturated carbocycles. The molecule has 0 bridgehead atoms. The molecular formula is C19H39N. The molecule has 0 amide bonds. The maximum Gasteiger partial charge on any atom is 0.0224 e. The zero-order chi connectivity index (χ0) is 15.8. The normalized spacial score (nSPS) is 42.1. The lowest BCUT2D eigenvalue weighted by Crippen LogP contribution is -2.53. The summed E-state index contributed by atoms with van der Waals surface area (Å²) in [6.45, 7) is 19.1. The number of nitrogens with two attached hydrogens (primary N) is 1. The highest BCUT2D eigenvalue weighted by Gasteiger charge is 2.60. The fourth-order valence-corrected chi connectivity index (χ4v) is 5.81. The molecule has 1 aliphatic carbocycles. The van der Waals surface area contributed by atoms with Gasteiger partial charge in [0, 0.05) is 5.54 Å². The summed E-state index contributed by atoms with van der Waals surface area (Å²) in [5.74, 6) is 2.07. The minimum atomic E-state index is 0.0189. The van der Waals surface area contributed by atoms with Gasteiger partial charge in [0.15, 0.2) is 0 Å². The Labute approximate surface area is 128 Å². The van der Waals surface area contributed by atoms with Crippen molar-refractivity contribution in [3.63, 3.8) is 0 Å². The zero-order valence-electron chi connectivity index (χ0n) is 15.3. The highest BCUT2D eigenvalue weighted by molar-refractivity contribution is 5.13. The second-order valence-electron chi connectivity index (χ2n) is 8.87. The third-order valence-electron chi connectivity index (χ3n) is 6.25. The van der Waals surface area contributed by atoms with E-state index < -0.39 is 0 Å². The predicted molar refractivity (Wildman–Crippen MR) is 90.7 cm³/mol. The molecule has 0 heterocycles. The van der Waals surface area contributed by atoms with Crippen molar-refractivity contribution < 1.29 is 0 Å². The minimum Gasteiger partial charge on any atom is -0.325 e. The molecule has 0 saturated heterocycles. The summed E-state index contributed by atoms with van der Waals surface area (Å²) >= 11 is 0. The van der Waals surface area contributed by atoms with Crippen LogP contribution in [0.5, 0.6) is 0 Å². The Bertz CT molecular complexity index is 316. The van der Waals surface area contributed by atoms with E-state index in [1.54, 1.807) is 0 Å². The fraction of sp³-hybridized carbons (Fsp3) is 1.00. The Morgan fingerprint density at radius 3 is 1.95 bits per heavy atom. The van der Waals surface area contributed by atoms with Crippen molar-refractivity contribution in [3.05, 3.63) is 0 Å². The van der Waals surface area contributed by atoms with Gasteiger partial charge in [-0.1, -0.05) is 74.7 Å². The first-order valence-corrected chi connectivity index (χ1v) is 8.85. The second kappa shape index (κ2) is 5.99. The Balaban J connectivity index is 3.26. The average Bonchev–Trinajstić information content (AvgIpc) is 2.41. The van der Waals surface area contributed by atoms with E-state index in [-0.39, 0.29) is 5.54 Å². The van der Waals surface area contributed by atoms with Gasteiger partial charge in [0.25, 0.3) is 0 Å². The predicted octanol–water partition coefficient (Wildman–Crippen LogP) is 5.63. The summed E-state index contributed by atoms with van der Waals surface area (Å²) < 4.78 is 0. The van der Waals surface area contributed by atoms with E-state index in [1.165, 1.54) is 25.7 Å². The van der Waals surface area contributed by atoms with Gasteiger partial charge in [-0.2, -0.15) is 0 Å². The van der Waals surface area contributed by atoms with E-state index in [9.17, 15) is 0 Å². The molecule has 1 heteroatoms. The van der Waals surface area contributed by atoms with E-state index in [1.807, 2.05) is 0 Å². The van der Waals surface area contributed by atoms with Crippen LogP contribution in [0, 0.1) is 28.6 Å². The molecule has 1 nitrogen and oxygen atoms in total. The number of rotatable bonds is 5. The number of hydrogen-bond acceptors (Lipinski definition) is 1. The molecule has 0 aromatic heterocycles. The van der Waals surface area contributed by atoms with Crippen LogP contribution in [0.15, 0.2) is 0 Å². The maximum atomic E-state index is 7.15. The summed E-state index contributed by atoms with van der Waals surface area (Å²) in [7, 11) is 0. The SMILES string of the molecule is CCCC1(C)C(C)C(CC)C(N)(CC(C)(C)C)C1CC. The van der Waals surface area contributed by atoms with Gasteiger partial charge in [0.2, 0.25) is 0 Å². The van der Waals surface area contributed by atoms with E-state index in [4.69, 9.17) is 5.73 Å². The van der Waals surface area contributed by atoms with Crippen molar-refractivity contribution in [3.8, 4) is 0 Å². The highest BCUT2D eigenvalue weighted by Crippen LogP contribution is 2.61. The van der Waals surface area contributed by atoms with Crippen molar-refractivity contribution in [2.45, 2.75) is 93.0 Å². The van der Waals surface area contributed by atoms with Gasteiger partial charge in [-0.05, 0) is 41.4 Å². The summed E-state index contributed by atoms with van der Waals surface area (Å²) in [4.78, 5) is 0. The molecule has 120 valence electrons. The molecule has 0 radical (unpaired) electrons. The average molecular weight is 282 g/mol. The van der Waals surface area contributed by atoms with Crippen LogP contribution in [-0.4, -0.2) is 5.54 Å². The minimum absolute atomic E-state index is 0.0189. The molecule has 0 aromatic carbocycles. The first kappa shape index (κ1) is 18.0. The van der Waals surface area contributed by atoms with Crippen LogP contribution in [0.1, 0.15) is 87.5 Å². The summed E-state index contributed by atoms with van der Waals surface area (Å²) in [6, 6.07) is 0. The van der Waals surface area contributed by atoms with Gasteiger partial charge in [-0.3, -0.25) is 0 Å². The van der Waals surface area contributed by atoms with Crippen LogP contribution < -0.4 is 5.73 Å². The molecule has 5 atom stereocenters. The van der Waals surface area contributed by atoms with Crippen LogP contribution in [0.2, 0.25) is 0 Å². The van der Waals surface area contributed by atoms with Crippen LogP contribution in [0.3, 0.4) is 0 Å². The van der Waals surface area contributed by atoms with Crippen molar-refractivity contribution >= 4 is 0 Å². The summed E-state index contributed by atoms with van der Waals surface area (Å²) in [6.07, 6.45) is 6.21. The maximum absolute atomic E-state index is 7.15. The molecule has 20 heavy (non-hydrogen) atoms. The molecule has 0 aromatic rings. The molecule has 1 fully saturated rings. The Hall–Kier alpha value is -0.0400. The van der Waals surface area contributed by atoms with Crippen LogP contribution in [0.4, 0.5) is 0 Å². The second-order valence-corrected chi connectivity index (χ2v) is 8.87. The van der Waals surface area contributed by atoms with Gasteiger partial charge in [0.05, 0.1) is 0 Å². The van der Waals surface area contributed by atoms with Gasteiger partial charge < -0.3 is 5.73 Å². The first-order chi connectivity index (χ1) is 9.06. The molecule has 0 aliphatic heterocycles. The number of hydrogen-bond donors (Lipinski definition) is 1. The first-order valence-electron chi connectivity index (χ1n) is 8.85. The van der Waals surface area contributed by atoms with Crippen LogP contribution in [0.25, 0.3) is 0 Å². The highest BCUT2D eigenvalue weighted by atomic mass is 14.9. The van der Waals surface area contributed by atoms with Gasteiger partial charge in [-0.25, -0.2) is 0 Å². The van der Waals surface area contributed by atoms with Gasteiger partial charge in [-0.15, -0.1) is 0 Å². The van der Waals surface area contributed by atoms with E-state index >= 15 is 0 Å². The van der Waals surface area contributed by atoms with E-state index in [0.717, 1.165) is 12.3 Å². The lowest BCUT2D eigenvalue weighted by molar-refractivity contribution is 0.100. The van der Waals surface area contributed by atoms with E-state index in [0.29, 0.717) is 22.7 Å². The standard InChI is InChI=1S/C19H39N/c1-9-12-18(8)14(4)15(10-2)19(20,16(18)11-3)13-17(5,6)7/h14-16H,9-13,20H2,1-8H3. The van der Waals surface area contributed by atoms with Crippen molar-refractivity contribution in [1.82, 2.24) is 0 Å². The smallest absolute Gasteiger partial charge is 0.0224 e. The van der Waals surface area contributed by atoms with Crippen molar-refractivity contribution in [2.24, 2.45) is 34.3 Å². The van der Waals surface area contributed by atoms with E-state index in [2.05, 4.69) is 55.4 Å². The van der Waals surface area contributed by atoms with Crippen LogP contribution >= 0.6 is 0 Å². The Kier molecular flexibility index (Phi) is 5.39. The monoisotopic (exact) mass is 281 g/mol. The quantitative estimate of drug-likeness (QED) is 0.694. The lowest BCUT2D eigenvalue weighted by Gasteiger charge is -2.44. The molecule has 0 spiro atoms. The largest absolute Gasteiger partial charge is 0.325 e. The van der Waals surface area contributed by atoms with Crippen molar-refractivity contribution in [2.75, 3.05) is 0 Å². The topological polar surface area (TPSA) is 26.0 Å². The third kappa shape index (κ3) is 2.93. The molecular weight excluding hydrogens is 242 g/mol.